The largest absolute Gasteiger partial charge is 0.324 e. The van der Waals surface area contributed by atoms with Crippen molar-refractivity contribution in [3.05, 3.63) is 70.8 Å². The Morgan fingerprint density at radius 3 is 2.55 bits per heavy atom. The second-order valence-electron chi connectivity index (χ2n) is 7.21. The van der Waals surface area contributed by atoms with Gasteiger partial charge in [-0.3, -0.25) is 0 Å². The first-order chi connectivity index (χ1) is 15.2. The lowest BCUT2D eigenvalue weighted by atomic mass is 9.98. The molecule has 160 valence electrons. The number of halogens is 1. The summed E-state index contributed by atoms with van der Waals surface area (Å²) in [5, 5.41) is 14.9. The van der Waals surface area contributed by atoms with Gasteiger partial charge in [-0.05, 0) is 41.2 Å². The molecule has 2 heterocycles. The fraction of sp³-hybridized carbons (Fsp3) is 0.273. The van der Waals surface area contributed by atoms with Crippen molar-refractivity contribution in [2.24, 2.45) is 0 Å². The SMILES string of the molecule is CCCCc1nc(Cl)c(COS)n1Cc1ccc(-c2ccccc2-c2nn[nH]n2)cc1. The molecule has 0 radical (unpaired) electrons. The van der Waals surface area contributed by atoms with Gasteiger partial charge >= 0.3 is 0 Å². The fourth-order valence-corrected chi connectivity index (χ4v) is 3.97. The number of nitrogens with zero attached hydrogens (tertiary/aromatic N) is 5. The van der Waals surface area contributed by atoms with E-state index in [0.717, 1.165) is 53.0 Å². The van der Waals surface area contributed by atoms with Gasteiger partial charge in [0.05, 0.1) is 5.69 Å². The minimum Gasteiger partial charge on any atom is -0.324 e. The summed E-state index contributed by atoms with van der Waals surface area (Å²) in [6, 6.07) is 16.5. The predicted octanol–water partition coefficient (Wildman–Crippen LogP) is 5.14. The molecule has 0 saturated carbocycles. The van der Waals surface area contributed by atoms with Crippen molar-refractivity contribution in [2.45, 2.75) is 39.3 Å². The van der Waals surface area contributed by atoms with Crippen LogP contribution in [0.25, 0.3) is 22.5 Å². The molecule has 0 amide bonds. The molecule has 2 aromatic carbocycles. The summed E-state index contributed by atoms with van der Waals surface area (Å²) in [7, 11) is 0. The predicted molar refractivity (Wildman–Crippen MR) is 124 cm³/mol. The number of unbranched alkanes of at least 4 members (excludes halogenated alkanes) is 1. The third-order valence-corrected chi connectivity index (χ3v) is 5.61. The quantitative estimate of drug-likeness (QED) is 0.270. The Morgan fingerprint density at radius 1 is 1.10 bits per heavy atom. The maximum Gasteiger partial charge on any atom is 0.205 e. The summed E-state index contributed by atoms with van der Waals surface area (Å²) in [6.07, 6.45) is 3.02. The summed E-state index contributed by atoms with van der Waals surface area (Å²) in [5.41, 5.74) is 5.05. The molecule has 31 heavy (non-hydrogen) atoms. The molecule has 0 saturated heterocycles. The normalized spacial score (nSPS) is 11.2. The van der Waals surface area contributed by atoms with Gasteiger partial charge in [-0.2, -0.15) is 5.21 Å². The van der Waals surface area contributed by atoms with Gasteiger partial charge in [0.25, 0.3) is 0 Å². The number of hydrogen-bond acceptors (Lipinski definition) is 6. The molecule has 0 aliphatic rings. The van der Waals surface area contributed by atoms with Crippen LogP contribution in [0, 0.1) is 0 Å². The Kier molecular flexibility index (Phi) is 7.01. The average molecular weight is 455 g/mol. The smallest absolute Gasteiger partial charge is 0.205 e. The Labute approximate surface area is 191 Å². The molecule has 0 fully saturated rings. The number of rotatable bonds is 9. The summed E-state index contributed by atoms with van der Waals surface area (Å²) in [5.74, 6) is 1.54. The maximum atomic E-state index is 6.38. The van der Waals surface area contributed by atoms with Crippen molar-refractivity contribution in [2.75, 3.05) is 0 Å². The van der Waals surface area contributed by atoms with Gasteiger partial charge in [-0.15, -0.1) is 10.2 Å². The standard InChI is InChI=1S/C22H23ClN6OS/c1-2-3-8-20-24-21(23)19(14-30-31)29(20)13-15-9-11-16(12-10-15)17-6-4-5-7-18(17)22-25-27-28-26-22/h4-7,9-12,31H,2-3,8,13-14H2,1H3,(H,25,26,27,28). The molecular weight excluding hydrogens is 432 g/mol. The van der Waals surface area contributed by atoms with E-state index in [1.54, 1.807) is 0 Å². The highest BCUT2D eigenvalue weighted by Gasteiger charge is 2.16. The fourth-order valence-electron chi connectivity index (χ4n) is 3.59. The highest BCUT2D eigenvalue weighted by molar-refractivity contribution is 7.75. The molecule has 2 aromatic heterocycles. The van der Waals surface area contributed by atoms with E-state index in [9.17, 15) is 0 Å². The van der Waals surface area contributed by atoms with E-state index in [-0.39, 0.29) is 0 Å². The molecule has 4 rings (SSSR count). The zero-order valence-corrected chi connectivity index (χ0v) is 18.8. The van der Waals surface area contributed by atoms with Gasteiger partial charge < -0.3 is 8.75 Å². The average Bonchev–Trinajstić information content (AvgIpc) is 3.43. The number of aromatic amines is 1. The highest BCUT2D eigenvalue weighted by Crippen LogP contribution is 2.30. The van der Waals surface area contributed by atoms with Gasteiger partial charge in [0.2, 0.25) is 5.82 Å². The van der Waals surface area contributed by atoms with Gasteiger partial charge in [-0.1, -0.05) is 73.5 Å². The molecule has 0 spiro atoms. The van der Waals surface area contributed by atoms with Gasteiger partial charge in [-0.25, -0.2) is 4.98 Å². The zero-order chi connectivity index (χ0) is 21.6. The first-order valence-corrected chi connectivity index (χ1v) is 10.9. The molecule has 0 aliphatic carbocycles. The summed E-state index contributed by atoms with van der Waals surface area (Å²) >= 11 is 10.3. The van der Waals surface area contributed by atoms with Crippen LogP contribution in [0.15, 0.2) is 48.5 Å². The van der Waals surface area contributed by atoms with Crippen LogP contribution in [0.4, 0.5) is 0 Å². The summed E-state index contributed by atoms with van der Waals surface area (Å²) in [4.78, 5) is 4.56. The molecule has 9 heteroatoms. The molecule has 7 nitrogen and oxygen atoms in total. The minimum atomic E-state index is 0.303. The molecule has 0 atom stereocenters. The van der Waals surface area contributed by atoms with E-state index < -0.39 is 0 Å². The third-order valence-electron chi connectivity index (χ3n) is 5.18. The van der Waals surface area contributed by atoms with Crippen molar-refractivity contribution in [3.8, 4) is 22.5 Å². The third kappa shape index (κ3) is 4.81. The number of benzene rings is 2. The number of tetrazole rings is 1. The van der Waals surface area contributed by atoms with Crippen LogP contribution in [0.1, 0.15) is 36.8 Å². The number of nitrogens with one attached hydrogen (secondary N) is 1. The van der Waals surface area contributed by atoms with Gasteiger partial charge in [0, 0.05) is 18.5 Å². The number of imidazole rings is 1. The lowest BCUT2D eigenvalue weighted by Gasteiger charge is -2.13. The van der Waals surface area contributed by atoms with E-state index in [1.807, 2.05) is 18.2 Å². The number of aryl methyl sites for hydroxylation is 1. The topological polar surface area (TPSA) is 81.5 Å². The van der Waals surface area contributed by atoms with Crippen LogP contribution in [-0.4, -0.2) is 30.2 Å². The number of thiol groups is 1. The highest BCUT2D eigenvalue weighted by atomic mass is 35.5. The minimum absolute atomic E-state index is 0.303. The van der Waals surface area contributed by atoms with Crippen LogP contribution < -0.4 is 0 Å². The molecular formula is C22H23ClN6OS. The second-order valence-corrected chi connectivity index (χ2v) is 7.82. The summed E-state index contributed by atoms with van der Waals surface area (Å²) < 4.78 is 7.20. The monoisotopic (exact) mass is 454 g/mol. The molecule has 0 unspecified atom stereocenters. The van der Waals surface area contributed by atoms with Crippen LogP contribution in [0.5, 0.6) is 0 Å². The van der Waals surface area contributed by atoms with Crippen LogP contribution >= 0.6 is 24.5 Å². The van der Waals surface area contributed by atoms with Crippen LogP contribution in [0.2, 0.25) is 5.15 Å². The zero-order valence-electron chi connectivity index (χ0n) is 17.1. The van der Waals surface area contributed by atoms with Crippen molar-refractivity contribution >= 4 is 24.5 Å². The van der Waals surface area contributed by atoms with Gasteiger partial charge in [0.1, 0.15) is 12.4 Å². The van der Waals surface area contributed by atoms with Crippen LogP contribution in [0.3, 0.4) is 0 Å². The van der Waals surface area contributed by atoms with Crippen molar-refractivity contribution in [3.63, 3.8) is 0 Å². The van der Waals surface area contributed by atoms with Crippen molar-refractivity contribution in [1.82, 2.24) is 30.2 Å². The van der Waals surface area contributed by atoms with E-state index in [1.165, 1.54) is 0 Å². The van der Waals surface area contributed by atoms with E-state index in [2.05, 4.69) is 80.3 Å². The number of hydrogen-bond donors (Lipinski definition) is 2. The van der Waals surface area contributed by atoms with E-state index in [4.69, 9.17) is 15.8 Å². The first-order valence-electron chi connectivity index (χ1n) is 10.1. The Hall–Kier alpha value is -2.68. The lowest BCUT2D eigenvalue weighted by Crippen LogP contribution is -2.09. The summed E-state index contributed by atoms with van der Waals surface area (Å²) in [6.45, 7) is 3.13. The number of H-pyrrole nitrogens is 1. The molecule has 0 aliphatic heterocycles. The number of aromatic nitrogens is 6. The maximum absolute atomic E-state index is 6.38. The Bertz CT molecular complexity index is 1130. The van der Waals surface area contributed by atoms with Crippen molar-refractivity contribution in [1.29, 1.82) is 0 Å². The molecule has 1 N–H and O–H groups in total. The molecule has 4 aromatic rings. The van der Waals surface area contributed by atoms with E-state index >= 15 is 0 Å². The van der Waals surface area contributed by atoms with Crippen LogP contribution in [-0.2, 0) is 23.8 Å². The Balaban J connectivity index is 1.62. The van der Waals surface area contributed by atoms with Crippen molar-refractivity contribution < 1.29 is 4.18 Å². The second kappa shape index (κ2) is 10.1. The Morgan fingerprint density at radius 2 is 1.87 bits per heavy atom. The first kappa shape index (κ1) is 21.5. The molecule has 0 bridgehead atoms. The van der Waals surface area contributed by atoms with Gasteiger partial charge in [0.15, 0.2) is 5.15 Å². The lowest BCUT2D eigenvalue weighted by molar-refractivity contribution is 0.356. The van der Waals surface area contributed by atoms with E-state index in [0.29, 0.717) is 24.1 Å².